The molecule has 1 atom stereocenters. The average Bonchev–Trinajstić information content (AvgIpc) is 2.69. The second-order valence-corrected chi connectivity index (χ2v) is 6.22. The van der Waals surface area contributed by atoms with Crippen molar-refractivity contribution in [3.63, 3.8) is 0 Å². The molecule has 144 valence electrons. The van der Waals surface area contributed by atoms with Gasteiger partial charge in [0, 0.05) is 0 Å². The Balaban J connectivity index is 1.88. The molecule has 9 heteroatoms. The van der Waals surface area contributed by atoms with E-state index in [-0.39, 0.29) is 10.8 Å². The van der Waals surface area contributed by atoms with E-state index in [1.54, 1.807) is 36.4 Å². The minimum absolute atomic E-state index is 0.236. The molecule has 0 fully saturated rings. The summed E-state index contributed by atoms with van der Waals surface area (Å²) in [6.45, 7) is 1.54. The van der Waals surface area contributed by atoms with Crippen LogP contribution >= 0.6 is 11.6 Å². The van der Waals surface area contributed by atoms with Gasteiger partial charge >= 0.3 is 11.7 Å². The fraction of sp³-hybridized carbons (Fsp3) is 0.158. The molecule has 0 radical (unpaired) electrons. The number of halogens is 1. The number of methoxy groups -OCH3 is 1. The highest BCUT2D eigenvalue weighted by molar-refractivity contribution is 6.32. The number of nitrogens with one attached hydrogen (secondary N) is 1. The average molecular weight is 402 g/mol. The SMILES string of the molecule is COC(=O)C(C)Oc1ccc(C=Nn2c(=O)[nH]c3ccccc3c2=O)cc1Cl. The summed E-state index contributed by atoms with van der Waals surface area (Å²) in [7, 11) is 1.26. The number of benzene rings is 2. The molecule has 1 unspecified atom stereocenters. The van der Waals surface area contributed by atoms with E-state index in [1.807, 2.05) is 0 Å². The Labute approximate surface area is 164 Å². The number of fused-ring (bicyclic) bond motifs is 1. The molecule has 0 saturated heterocycles. The number of esters is 1. The van der Waals surface area contributed by atoms with Gasteiger partial charge in [0.25, 0.3) is 5.56 Å². The summed E-state index contributed by atoms with van der Waals surface area (Å²) >= 11 is 6.17. The van der Waals surface area contributed by atoms with Gasteiger partial charge in [-0.25, -0.2) is 9.59 Å². The van der Waals surface area contributed by atoms with Gasteiger partial charge in [-0.3, -0.25) is 4.79 Å². The summed E-state index contributed by atoms with van der Waals surface area (Å²) in [6, 6.07) is 11.4. The first-order chi connectivity index (χ1) is 13.4. The highest BCUT2D eigenvalue weighted by Crippen LogP contribution is 2.26. The van der Waals surface area contributed by atoms with E-state index < -0.39 is 23.3 Å². The molecule has 28 heavy (non-hydrogen) atoms. The number of hydrogen-bond acceptors (Lipinski definition) is 6. The lowest BCUT2D eigenvalue weighted by Gasteiger charge is -2.13. The summed E-state index contributed by atoms with van der Waals surface area (Å²) in [4.78, 5) is 38.6. The predicted octanol–water partition coefficient (Wildman–Crippen LogP) is 2.17. The largest absolute Gasteiger partial charge is 0.477 e. The summed E-state index contributed by atoms with van der Waals surface area (Å²) in [5.74, 6) is -0.242. The molecule has 0 aliphatic rings. The first kappa shape index (κ1) is 19.4. The first-order valence-corrected chi connectivity index (χ1v) is 8.61. The lowest BCUT2D eigenvalue weighted by molar-refractivity contribution is -0.147. The van der Waals surface area contributed by atoms with Crippen LogP contribution in [0.25, 0.3) is 10.9 Å². The molecule has 8 nitrogen and oxygen atoms in total. The van der Waals surface area contributed by atoms with Crippen LogP contribution in [-0.2, 0) is 9.53 Å². The van der Waals surface area contributed by atoms with E-state index in [1.165, 1.54) is 26.3 Å². The highest BCUT2D eigenvalue weighted by atomic mass is 35.5. The van der Waals surface area contributed by atoms with Crippen molar-refractivity contribution in [3.8, 4) is 5.75 Å². The highest BCUT2D eigenvalue weighted by Gasteiger charge is 2.16. The topological polar surface area (TPSA) is 103 Å². The summed E-state index contributed by atoms with van der Waals surface area (Å²) in [5.41, 5.74) is -0.220. The van der Waals surface area contributed by atoms with Crippen LogP contribution in [0.2, 0.25) is 5.02 Å². The van der Waals surface area contributed by atoms with Crippen molar-refractivity contribution < 1.29 is 14.3 Å². The standard InChI is InChI=1S/C19H16ClN3O5/c1-11(18(25)27-2)28-16-8-7-12(9-14(16)20)10-21-23-17(24)13-5-3-4-6-15(13)22-19(23)26/h3-11H,1-2H3,(H,22,26). The van der Waals surface area contributed by atoms with Crippen LogP contribution in [0.5, 0.6) is 5.75 Å². The van der Waals surface area contributed by atoms with Crippen molar-refractivity contribution in [2.45, 2.75) is 13.0 Å². The van der Waals surface area contributed by atoms with Crippen LogP contribution < -0.4 is 16.0 Å². The third kappa shape index (κ3) is 3.96. The Hall–Kier alpha value is -3.39. The Morgan fingerprint density at radius 3 is 2.71 bits per heavy atom. The fourth-order valence-corrected chi connectivity index (χ4v) is 2.71. The number of rotatable bonds is 5. The van der Waals surface area contributed by atoms with E-state index in [0.29, 0.717) is 16.5 Å². The minimum Gasteiger partial charge on any atom is -0.477 e. The zero-order chi connectivity index (χ0) is 20.3. The maximum Gasteiger partial charge on any atom is 0.349 e. The second-order valence-electron chi connectivity index (χ2n) is 5.81. The van der Waals surface area contributed by atoms with E-state index in [4.69, 9.17) is 16.3 Å². The number of para-hydroxylation sites is 1. The van der Waals surface area contributed by atoms with Gasteiger partial charge < -0.3 is 14.5 Å². The van der Waals surface area contributed by atoms with Crippen LogP contribution in [0.4, 0.5) is 0 Å². The van der Waals surface area contributed by atoms with Crippen molar-refractivity contribution >= 4 is 34.7 Å². The van der Waals surface area contributed by atoms with Gasteiger partial charge in [-0.15, -0.1) is 4.68 Å². The molecule has 1 heterocycles. The van der Waals surface area contributed by atoms with E-state index in [2.05, 4.69) is 14.8 Å². The molecule has 2 aromatic carbocycles. The molecule has 0 spiro atoms. The number of ether oxygens (including phenoxy) is 2. The second kappa shape index (κ2) is 8.10. The molecule has 0 amide bonds. The number of nitrogens with zero attached hydrogens (tertiary/aromatic N) is 2. The van der Waals surface area contributed by atoms with Crippen molar-refractivity contribution in [2.75, 3.05) is 7.11 Å². The zero-order valence-electron chi connectivity index (χ0n) is 15.0. The molecule has 0 aliphatic carbocycles. The summed E-state index contributed by atoms with van der Waals surface area (Å²) in [5, 5.41) is 4.54. The molecule has 3 rings (SSSR count). The van der Waals surface area contributed by atoms with Gasteiger partial charge in [-0.1, -0.05) is 23.7 Å². The number of aromatic nitrogens is 2. The number of hydrogen-bond donors (Lipinski definition) is 1. The van der Waals surface area contributed by atoms with E-state index in [0.717, 1.165) is 4.68 Å². The molecular formula is C19H16ClN3O5. The first-order valence-electron chi connectivity index (χ1n) is 8.23. The molecule has 0 saturated carbocycles. The van der Waals surface area contributed by atoms with Crippen LogP contribution in [-0.4, -0.2) is 35.1 Å². The monoisotopic (exact) mass is 401 g/mol. The number of aromatic amines is 1. The quantitative estimate of drug-likeness (QED) is 0.521. The smallest absolute Gasteiger partial charge is 0.349 e. The summed E-state index contributed by atoms with van der Waals surface area (Å²) < 4.78 is 10.8. The molecular weight excluding hydrogens is 386 g/mol. The van der Waals surface area contributed by atoms with Gasteiger partial charge in [-0.2, -0.15) is 5.10 Å². The van der Waals surface area contributed by atoms with Crippen LogP contribution in [0.3, 0.4) is 0 Å². The fourth-order valence-electron chi connectivity index (χ4n) is 2.48. The normalized spacial score (nSPS) is 12.2. The molecule has 0 bridgehead atoms. The Kier molecular flexibility index (Phi) is 5.60. The molecule has 1 aromatic heterocycles. The maximum atomic E-state index is 12.4. The third-order valence-corrected chi connectivity index (χ3v) is 4.19. The predicted molar refractivity (Wildman–Crippen MR) is 105 cm³/mol. The molecule has 1 N–H and O–H groups in total. The number of carbonyl (C=O) groups excluding carboxylic acids is 1. The third-order valence-electron chi connectivity index (χ3n) is 3.90. The molecule has 0 aliphatic heterocycles. The van der Waals surface area contributed by atoms with Crippen LogP contribution in [0.15, 0.2) is 57.2 Å². The van der Waals surface area contributed by atoms with Gasteiger partial charge in [0.2, 0.25) is 0 Å². The summed E-state index contributed by atoms with van der Waals surface area (Å²) in [6.07, 6.45) is 0.502. The lowest BCUT2D eigenvalue weighted by Crippen LogP contribution is -2.32. The molecule has 3 aromatic rings. The van der Waals surface area contributed by atoms with Crippen molar-refractivity contribution in [2.24, 2.45) is 5.10 Å². The van der Waals surface area contributed by atoms with Crippen molar-refractivity contribution in [1.82, 2.24) is 9.66 Å². The minimum atomic E-state index is -0.822. The Bertz CT molecular complexity index is 1180. The Morgan fingerprint density at radius 2 is 2.00 bits per heavy atom. The van der Waals surface area contributed by atoms with Crippen LogP contribution in [0.1, 0.15) is 12.5 Å². The number of carbonyl (C=O) groups is 1. The maximum absolute atomic E-state index is 12.4. The Morgan fingerprint density at radius 1 is 1.25 bits per heavy atom. The van der Waals surface area contributed by atoms with E-state index >= 15 is 0 Å². The van der Waals surface area contributed by atoms with Gasteiger partial charge in [0.15, 0.2) is 6.10 Å². The van der Waals surface area contributed by atoms with Crippen LogP contribution in [0, 0.1) is 0 Å². The van der Waals surface area contributed by atoms with Gasteiger partial charge in [-0.05, 0) is 42.8 Å². The van der Waals surface area contributed by atoms with Crippen molar-refractivity contribution in [3.05, 3.63) is 73.9 Å². The van der Waals surface area contributed by atoms with E-state index in [9.17, 15) is 14.4 Å². The number of H-pyrrole nitrogens is 1. The van der Waals surface area contributed by atoms with Gasteiger partial charge in [0.05, 0.1) is 29.2 Å². The van der Waals surface area contributed by atoms with Crippen molar-refractivity contribution in [1.29, 1.82) is 0 Å². The zero-order valence-corrected chi connectivity index (χ0v) is 15.8. The lowest BCUT2D eigenvalue weighted by atomic mass is 10.2. The van der Waals surface area contributed by atoms with Gasteiger partial charge in [0.1, 0.15) is 5.75 Å².